The van der Waals surface area contributed by atoms with Gasteiger partial charge >= 0.3 is 0 Å². The highest BCUT2D eigenvalue weighted by atomic mass is 16.2. The second-order valence-corrected chi connectivity index (χ2v) is 5.06. The summed E-state index contributed by atoms with van der Waals surface area (Å²) in [5.74, 6) is 1.17. The molecule has 1 atom stereocenters. The van der Waals surface area contributed by atoms with E-state index in [9.17, 15) is 4.79 Å². The topological polar surface area (TPSA) is 32.3 Å². The van der Waals surface area contributed by atoms with Gasteiger partial charge in [-0.1, -0.05) is 6.92 Å². The van der Waals surface area contributed by atoms with E-state index in [2.05, 4.69) is 17.1 Å². The number of hydrogen-bond acceptors (Lipinski definition) is 2. The van der Waals surface area contributed by atoms with Crippen LogP contribution in [0.25, 0.3) is 0 Å². The van der Waals surface area contributed by atoms with E-state index in [0.717, 1.165) is 25.6 Å². The maximum atomic E-state index is 11.9. The number of amides is 1. The first-order valence-electron chi connectivity index (χ1n) is 6.27. The van der Waals surface area contributed by atoms with Crippen molar-refractivity contribution in [2.45, 2.75) is 45.1 Å². The molecule has 1 amide bonds. The Balaban J connectivity index is 1.75. The van der Waals surface area contributed by atoms with Gasteiger partial charge in [-0.3, -0.25) is 4.79 Å². The van der Waals surface area contributed by atoms with E-state index in [0.29, 0.717) is 18.4 Å². The van der Waals surface area contributed by atoms with Crippen LogP contribution in [-0.4, -0.2) is 36.5 Å². The number of piperidine rings is 1. The predicted molar refractivity (Wildman–Crippen MR) is 60.6 cm³/mol. The molecule has 2 saturated heterocycles. The number of nitrogens with one attached hydrogen (secondary N) is 1. The van der Waals surface area contributed by atoms with E-state index in [1.165, 1.54) is 25.7 Å². The molecular formula is C12H22N2O. The third-order valence-corrected chi connectivity index (χ3v) is 3.72. The van der Waals surface area contributed by atoms with Gasteiger partial charge in [-0.2, -0.15) is 0 Å². The highest BCUT2D eigenvalue weighted by Crippen LogP contribution is 2.18. The Hall–Kier alpha value is -0.570. The van der Waals surface area contributed by atoms with Crippen molar-refractivity contribution >= 4 is 5.91 Å². The number of carbonyl (C=O) groups is 1. The molecule has 0 aromatic heterocycles. The van der Waals surface area contributed by atoms with Gasteiger partial charge in [0.05, 0.1) is 0 Å². The van der Waals surface area contributed by atoms with Crippen LogP contribution in [0.4, 0.5) is 0 Å². The SMILES string of the molecule is CC1CCN(C(=O)CC2CCCN2)CC1. The Morgan fingerprint density at radius 1 is 1.33 bits per heavy atom. The molecule has 3 heteroatoms. The Morgan fingerprint density at radius 2 is 2.07 bits per heavy atom. The van der Waals surface area contributed by atoms with E-state index >= 15 is 0 Å². The molecule has 0 saturated carbocycles. The number of carbonyl (C=O) groups excluding carboxylic acids is 1. The highest BCUT2D eigenvalue weighted by molar-refractivity contribution is 5.77. The summed E-state index contributed by atoms with van der Waals surface area (Å²) in [5.41, 5.74) is 0. The quantitative estimate of drug-likeness (QED) is 0.747. The van der Waals surface area contributed by atoms with E-state index in [1.807, 2.05) is 0 Å². The maximum absolute atomic E-state index is 11.9. The van der Waals surface area contributed by atoms with Crippen molar-refractivity contribution in [3.63, 3.8) is 0 Å². The lowest BCUT2D eigenvalue weighted by atomic mass is 9.98. The van der Waals surface area contributed by atoms with Gasteiger partial charge in [0.15, 0.2) is 0 Å². The van der Waals surface area contributed by atoms with Crippen LogP contribution in [0.3, 0.4) is 0 Å². The third-order valence-electron chi connectivity index (χ3n) is 3.72. The lowest BCUT2D eigenvalue weighted by molar-refractivity contribution is -0.132. The van der Waals surface area contributed by atoms with Gasteiger partial charge in [0, 0.05) is 25.6 Å². The molecule has 15 heavy (non-hydrogen) atoms. The Morgan fingerprint density at radius 3 is 2.67 bits per heavy atom. The van der Waals surface area contributed by atoms with E-state index in [-0.39, 0.29) is 0 Å². The average Bonchev–Trinajstić information content (AvgIpc) is 2.71. The van der Waals surface area contributed by atoms with E-state index < -0.39 is 0 Å². The second kappa shape index (κ2) is 4.97. The first-order valence-corrected chi connectivity index (χ1v) is 6.27. The van der Waals surface area contributed by atoms with Gasteiger partial charge in [-0.25, -0.2) is 0 Å². The zero-order valence-electron chi connectivity index (χ0n) is 9.67. The molecule has 0 aromatic carbocycles. The van der Waals surface area contributed by atoms with Gasteiger partial charge in [0.1, 0.15) is 0 Å². The summed E-state index contributed by atoms with van der Waals surface area (Å²) in [5, 5.41) is 3.39. The molecule has 2 heterocycles. The van der Waals surface area contributed by atoms with Crippen LogP contribution >= 0.6 is 0 Å². The smallest absolute Gasteiger partial charge is 0.224 e. The minimum Gasteiger partial charge on any atom is -0.343 e. The van der Waals surface area contributed by atoms with Crippen LogP contribution in [0.2, 0.25) is 0 Å². The monoisotopic (exact) mass is 210 g/mol. The molecule has 86 valence electrons. The predicted octanol–water partition coefficient (Wildman–Crippen LogP) is 1.39. The zero-order chi connectivity index (χ0) is 10.7. The summed E-state index contributed by atoms with van der Waals surface area (Å²) in [6.07, 6.45) is 5.49. The average molecular weight is 210 g/mol. The number of rotatable bonds is 2. The zero-order valence-corrected chi connectivity index (χ0v) is 9.67. The molecule has 2 aliphatic heterocycles. The molecule has 2 rings (SSSR count). The van der Waals surface area contributed by atoms with Crippen molar-refractivity contribution in [3.05, 3.63) is 0 Å². The minimum atomic E-state index is 0.362. The van der Waals surface area contributed by atoms with Crippen LogP contribution in [0.15, 0.2) is 0 Å². The summed E-state index contributed by atoms with van der Waals surface area (Å²) >= 11 is 0. The van der Waals surface area contributed by atoms with Crippen molar-refractivity contribution in [1.82, 2.24) is 10.2 Å². The first kappa shape index (κ1) is 10.9. The van der Waals surface area contributed by atoms with Crippen LogP contribution in [0.5, 0.6) is 0 Å². The minimum absolute atomic E-state index is 0.362. The molecule has 2 fully saturated rings. The molecule has 0 spiro atoms. The van der Waals surface area contributed by atoms with Crippen molar-refractivity contribution in [2.75, 3.05) is 19.6 Å². The first-order chi connectivity index (χ1) is 7.25. The van der Waals surface area contributed by atoms with Crippen LogP contribution < -0.4 is 5.32 Å². The molecular weight excluding hydrogens is 188 g/mol. The number of likely N-dealkylation sites (tertiary alicyclic amines) is 1. The molecule has 0 aliphatic carbocycles. The summed E-state index contributed by atoms with van der Waals surface area (Å²) in [7, 11) is 0. The van der Waals surface area contributed by atoms with Gasteiger partial charge in [0.25, 0.3) is 0 Å². The van der Waals surface area contributed by atoms with Crippen LogP contribution in [0, 0.1) is 5.92 Å². The standard InChI is InChI=1S/C12H22N2O/c1-10-4-7-14(8-5-10)12(15)9-11-3-2-6-13-11/h10-11,13H,2-9H2,1H3. The van der Waals surface area contributed by atoms with Gasteiger partial charge in [-0.05, 0) is 38.1 Å². The van der Waals surface area contributed by atoms with Gasteiger partial charge in [0.2, 0.25) is 5.91 Å². The Labute approximate surface area is 92.2 Å². The molecule has 1 N–H and O–H groups in total. The normalized spacial score (nSPS) is 28.3. The lowest BCUT2D eigenvalue weighted by Gasteiger charge is -2.31. The molecule has 0 radical (unpaired) electrons. The second-order valence-electron chi connectivity index (χ2n) is 5.06. The van der Waals surface area contributed by atoms with Crippen molar-refractivity contribution in [2.24, 2.45) is 5.92 Å². The van der Waals surface area contributed by atoms with E-state index in [1.54, 1.807) is 0 Å². The number of nitrogens with zero attached hydrogens (tertiary/aromatic N) is 1. The van der Waals surface area contributed by atoms with Gasteiger partial charge in [-0.15, -0.1) is 0 Å². The lowest BCUT2D eigenvalue weighted by Crippen LogP contribution is -2.40. The number of hydrogen-bond donors (Lipinski definition) is 1. The maximum Gasteiger partial charge on any atom is 0.224 e. The molecule has 3 nitrogen and oxygen atoms in total. The largest absolute Gasteiger partial charge is 0.343 e. The van der Waals surface area contributed by atoms with Crippen molar-refractivity contribution in [1.29, 1.82) is 0 Å². The fraction of sp³-hybridized carbons (Fsp3) is 0.917. The van der Waals surface area contributed by atoms with Gasteiger partial charge < -0.3 is 10.2 Å². The highest BCUT2D eigenvalue weighted by Gasteiger charge is 2.24. The summed E-state index contributed by atoms with van der Waals surface area (Å²) in [6.45, 7) is 5.33. The third kappa shape index (κ3) is 2.94. The molecule has 1 unspecified atom stereocenters. The van der Waals surface area contributed by atoms with E-state index in [4.69, 9.17) is 0 Å². The van der Waals surface area contributed by atoms with Crippen LogP contribution in [0.1, 0.15) is 39.0 Å². The Bertz CT molecular complexity index is 216. The van der Waals surface area contributed by atoms with Crippen molar-refractivity contribution in [3.8, 4) is 0 Å². The molecule has 0 aromatic rings. The molecule has 2 aliphatic rings. The van der Waals surface area contributed by atoms with Crippen LogP contribution in [-0.2, 0) is 4.79 Å². The van der Waals surface area contributed by atoms with Crippen molar-refractivity contribution < 1.29 is 4.79 Å². The summed E-state index contributed by atoms with van der Waals surface area (Å²) in [6, 6.07) is 0.455. The summed E-state index contributed by atoms with van der Waals surface area (Å²) < 4.78 is 0. The fourth-order valence-electron chi connectivity index (χ4n) is 2.53. The Kier molecular flexibility index (Phi) is 3.62. The summed E-state index contributed by atoms with van der Waals surface area (Å²) in [4.78, 5) is 14.0. The molecule has 0 bridgehead atoms. The fourth-order valence-corrected chi connectivity index (χ4v) is 2.53.